The predicted molar refractivity (Wildman–Crippen MR) is 121 cm³/mol. The molecule has 8 heteroatoms. The van der Waals surface area contributed by atoms with E-state index in [9.17, 15) is 14.9 Å². The van der Waals surface area contributed by atoms with Crippen molar-refractivity contribution in [3.63, 3.8) is 0 Å². The first-order valence-corrected chi connectivity index (χ1v) is 10.3. The molecule has 0 aliphatic heterocycles. The Labute approximate surface area is 184 Å². The van der Waals surface area contributed by atoms with E-state index in [2.05, 4.69) is 15.6 Å². The van der Waals surface area contributed by atoms with Crippen LogP contribution in [0.15, 0.2) is 59.5 Å². The van der Waals surface area contributed by atoms with Crippen molar-refractivity contribution in [2.75, 3.05) is 10.6 Å². The maximum Gasteiger partial charge on any atom is 0.266 e. The van der Waals surface area contributed by atoms with Crippen molar-refractivity contribution < 1.29 is 14.3 Å². The molecular formula is C23H20N4O3S. The Hall–Kier alpha value is -3.96. The van der Waals surface area contributed by atoms with Gasteiger partial charge in [0.05, 0.1) is 10.7 Å². The van der Waals surface area contributed by atoms with Gasteiger partial charge in [0.15, 0.2) is 0 Å². The highest BCUT2D eigenvalue weighted by Gasteiger charge is 2.10. The third-order valence-corrected chi connectivity index (χ3v) is 4.89. The van der Waals surface area contributed by atoms with Crippen molar-refractivity contribution in [2.24, 2.45) is 0 Å². The molecule has 3 rings (SSSR count). The standard InChI is InChI=1S/C23H20N4O3S/c1-15(28)25-19-5-7-20(8-6-19)27-23(29)18(12-24)11-17-3-9-22(10-4-17)30-13-21-14-31-16(2)26-21/h3-11,14H,13H2,1-2H3,(H,25,28)(H,27,29)/b18-11+. The number of amides is 2. The van der Waals surface area contributed by atoms with Gasteiger partial charge in [0.2, 0.25) is 5.91 Å². The zero-order chi connectivity index (χ0) is 22.2. The lowest BCUT2D eigenvalue weighted by Gasteiger charge is -2.07. The molecule has 156 valence electrons. The van der Waals surface area contributed by atoms with E-state index in [0.29, 0.717) is 29.3 Å². The van der Waals surface area contributed by atoms with E-state index in [1.165, 1.54) is 13.0 Å². The van der Waals surface area contributed by atoms with Crippen LogP contribution in [0.1, 0.15) is 23.2 Å². The number of nitrogens with one attached hydrogen (secondary N) is 2. The molecule has 31 heavy (non-hydrogen) atoms. The molecule has 0 spiro atoms. The number of hydrogen-bond donors (Lipinski definition) is 2. The van der Waals surface area contributed by atoms with Crippen LogP contribution in [0.2, 0.25) is 0 Å². The third kappa shape index (κ3) is 6.52. The number of carbonyl (C=O) groups is 2. The van der Waals surface area contributed by atoms with Crippen LogP contribution in [0.25, 0.3) is 6.08 Å². The Morgan fingerprint density at radius 3 is 2.29 bits per heavy atom. The SMILES string of the molecule is CC(=O)Nc1ccc(NC(=O)/C(C#N)=C/c2ccc(OCc3csc(C)n3)cc2)cc1. The number of anilines is 2. The largest absolute Gasteiger partial charge is 0.487 e. The molecular weight excluding hydrogens is 412 g/mol. The van der Waals surface area contributed by atoms with Crippen molar-refractivity contribution in [2.45, 2.75) is 20.5 Å². The Kier molecular flexibility index (Phi) is 7.14. The number of nitrogens with zero attached hydrogens (tertiary/aromatic N) is 2. The first-order valence-electron chi connectivity index (χ1n) is 9.37. The number of aryl methyl sites for hydroxylation is 1. The lowest BCUT2D eigenvalue weighted by molar-refractivity contribution is -0.114. The van der Waals surface area contributed by atoms with Crippen LogP contribution >= 0.6 is 11.3 Å². The minimum Gasteiger partial charge on any atom is -0.487 e. The van der Waals surface area contributed by atoms with Gasteiger partial charge in [0, 0.05) is 23.7 Å². The number of hydrogen-bond acceptors (Lipinski definition) is 6. The van der Waals surface area contributed by atoms with E-state index >= 15 is 0 Å². The highest BCUT2D eigenvalue weighted by molar-refractivity contribution is 7.09. The van der Waals surface area contributed by atoms with Crippen molar-refractivity contribution in [1.82, 2.24) is 4.98 Å². The molecule has 0 aliphatic carbocycles. The zero-order valence-corrected chi connectivity index (χ0v) is 17.8. The summed E-state index contributed by atoms with van der Waals surface area (Å²) in [4.78, 5) is 27.9. The van der Waals surface area contributed by atoms with Crippen LogP contribution in [0.3, 0.4) is 0 Å². The fraction of sp³-hybridized carbons (Fsp3) is 0.130. The molecule has 0 atom stereocenters. The average Bonchev–Trinajstić information content (AvgIpc) is 3.17. The molecule has 2 N–H and O–H groups in total. The summed E-state index contributed by atoms with van der Waals surface area (Å²) in [5, 5.41) is 17.7. The summed E-state index contributed by atoms with van der Waals surface area (Å²) in [7, 11) is 0. The number of ether oxygens (including phenoxy) is 1. The number of benzene rings is 2. The Bertz CT molecular complexity index is 1140. The summed E-state index contributed by atoms with van der Waals surface area (Å²) in [6.45, 7) is 3.74. The van der Waals surface area contributed by atoms with Crippen LogP contribution in [0.4, 0.5) is 11.4 Å². The fourth-order valence-corrected chi connectivity index (χ4v) is 3.24. The minimum atomic E-state index is -0.519. The van der Waals surface area contributed by atoms with Crippen molar-refractivity contribution in [3.8, 4) is 11.8 Å². The molecule has 0 bridgehead atoms. The van der Waals surface area contributed by atoms with Crippen LogP contribution < -0.4 is 15.4 Å². The highest BCUT2D eigenvalue weighted by atomic mass is 32.1. The molecule has 2 aromatic carbocycles. The number of nitriles is 1. The van der Waals surface area contributed by atoms with Crippen LogP contribution in [0, 0.1) is 18.3 Å². The molecule has 0 saturated heterocycles. The fourth-order valence-electron chi connectivity index (χ4n) is 2.65. The molecule has 0 radical (unpaired) electrons. The van der Waals surface area contributed by atoms with Crippen molar-refractivity contribution in [1.29, 1.82) is 5.26 Å². The van der Waals surface area contributed by atoms with Gasteiger partial charge in [0.25, 0.3) is 5.91 Å². The smallest absolute Gasteiger partial charge is 0.266 e. The number of carbonyl (C=O) groups excluding carboxylic acids is 2. The lowest BCUT2D eigenvalue weighted by Crippen LogP contribution is -2.13. The minimum absolute atomic E-state index is 0.0300. The van der Waals surface area contributed by atoms with E-state index in [1.807, 2.05) is 18.4 Å². The molecule has 1 aromatic heterocycles. The van der Waals surface area contributed by atoms with Gasteiger partial charge in [0.1, 0.15) is 24.0 Å². The summed E-state index contributed by atoms with van der Waals surface area (Å²) in [5.74, 6) is -0.0276. The van der Waals surface area contributed by atoms with Gasteiger partial charge in [-0.15, -0.1) is 11.3 Å². The van der Waals surface area contributed by atoms with Crippen molar-refractivity contribution >= 4 is 40.6 Å². The van der Waals surface area contributed by atoms with Crippen LogP contribution in [0.5, 0.6) is 5.75 Å². The Balaban J connectivity index is 1.61. The second kappa shape index (κ2) is 10.2. The molecule has 0 saturated carbocycles. The van der Waals surface area contributed by atoms with Gasteiger partial charge in [-0.1, -0.05) is 12.1 Å². The quantitative estimate of drug-likeness (QED) is 0.421. The van der Waals surface area contributed by atoms with Gasteiger partial charge < -0.3 is 15.4 Å². The maximum atomic E-state index is 12.4. The van der Waals surface area contributed by atoms with E-state index in [4.69, 9.17) is 4.74 Å². The molecule has 3 aromatic rings. The summed E-state index contributed by atoms with van der Waals surface area (Å²) in [5.41, 5.74) is 2.68. The van der Waals surface area contributed by atoms with E-state index in [0.717, 1.165) is 10.7 Å². The maximum absolute atomic E-state index is 12.4. The molecule has 0 aliphatic rings. The van der Waals surface area contributed by atoms with Gasteiger partial charge in [-0.05, 0) is 55.0 Å². The zero-order valence-electron chi connectivity index (χ0n) is 17.0. The van der Waals surface area contributed by atoms with Gasteiger partial charge in [-0.3, -0.25) is 9.59 Å². The summed E-state index contributed by atoms with van der Waals surface area (Å²) >= 11 is 1.57. The van der Waals surface area contributed by atoms with E-state index in [1.54, 1.807) is 59.9 Å². The van der Waals surface area contributed by atoms with E-state index in [-0.39, 0.29) is 11.5 Å². The first-order chi connectivity index (χ1) is 14.9. The number of aromatic nitrogens is 1. The highest BCUT2D eigenvalue weighted by Crippen LogP contribution is 2.18. The Morgan fingerprint density at radius 1 is 1.10 bits per heavy atom. The second-order valence-corrected chi connectivity index (χ2v) is 7.66. The van der Waals surface area contributed by atoms with E-state index < -0.39 is 5.91 Å². The second-order valence-electron chi connectivity index (χ2n) is 6.60. The summed E-state index contributed by atoms with van der Waals surface area (Å²) < 4.78 is 5.70. The predicted octanol–water partition coefficient (Wildman–Crippen LogP) is 4.53. The van der Waals surface area contributed by atoms with Gasteiger partial charge >= 0.3 is 0 Å². The molecule has 2 amide bonds. The molecule has 7 nitrogen and oxygen atoms in total. The normalized spacial score (nSPS) is 10.8. The Morgan fingerprint density at radius 2 is 1.74 bits per heavy atom. The monoisotopic (exact) mass is 432 g/mol. The molecule has 0 unspecified atom stereocenters. The van der Waals surface area contributed by atoms with Crippen molar-refractivity contribution in [3.05, 3.63) is 75.7 Å². The van der Waals surface area contributed by atoms with Gasteiger partial charge in [-0.25, -0.2) is 4.98 Å². The van der Waals surface area contributed by atoms with Crippen LogP contribution in [-0.4, -0.2) is 16.8 Å². The first kappa shape index (κ1) is 21.7. The van der Waals surface area contributed by atoms with Crippen LogP contribution in [-0.2, 0) is 16.2 Å². The summed E-state index contributed by atoms with van der Waals surface area (Å²) in [6.07, 6.45) is 1.51. The third-order valence-electron chi connectivity index (χ3n) is 4.07. The molecule has 0 fully saturated rings. The average molecular weight is 433 g/mol. The summed E-state index contributed by atoms with van der Waals surface area (Å²) in [6, 6.07) is 15.6. The van der Waals surface area contributed by atoms with Gasteiger partial charge in [-0.2, -0.15) is 5.26 Å². The topological polar surface area (TPSA) is 104 Å². The number of rotatable bonds is 7. The number of thiazole rings is 1. The lowest BCUT2D eigenvalue weighted by atomic mass is 10.1. The molecule has 1 heterocycles.